The molecular formula is C12H12FN3O2S. The van der Waals surface area contributed by atoms with E-state index in [1.54, 1.807) is 17.5 Å². The number of nitro benzene ring substituents is 1. The van der Waals surface area contributed by atoms with Crippen LogP contribution in [0.25, 0.3) is 0 Å². The molecular weight excluding hydrogens is 269 g/mol. The number of nitrogens with one attached hydrogen (secondary N) is 1. The zero-order valence-corrected chi connectivity index (χ0v) is 11.0. The van der Waals surface area contributed by atoms with E-state index in [4.69, 9.17) is 0 Å². The lowest BCUT2D eigenvalue weighted by Crippen LogP contribution is -1.99. The Balaban J connectivity index is 2.03. The summed E-state index contributed by atoms with van der Waals surface area (Å²) in [5, 5.41) is 14.5. The van der Waals surface area contributed by atoms with Gasteiger partial charge in [-0.25, -0.2) is 4.98 Å². The van der Waals surface area contributed by atoms with E-state index < -0.39 is 16.4 Å². The van der Waals surface area contributed by atoms with Crippen molar-refractivity contribution >= 4 is 22.7 Å². The molecule has 0 saturated heterocycles. The third-order valence-electron chi connectivity index (χ3n) is 2.52. The highest BCUT2D eigenvalue weighted by atomic mass is 32.1. The number of thiazole rings is 1. The van der Waals surface area contributed by atoms with Gasteiger partial charge in [0.2, 0.25) is 5.82 Å². The molecule has 2 aromatic rings. The fourth-order valence-corrected chi connectivity index (χ4v) is 2.35. The summed E-state index contributed by atoms with van der Waals surface area (Å²) in [6, 6.07) is 3.77. The standard InChI is InChI=1S/C12H12FN3O2S/c1-2-12-15-7-9(19-12)6-14-8-3-4-11(16(17)18)10(13)5-8/h3-5,7,14H,2,6H2,1H3. The molecule has 0 atom stereocenters. The third-order valence-corrected chi connectivity index (χ3v) is 3.66. The summed E-state index contributed by atoms with van der Waals surface area (Å²) in [7, 11) is 0. The molecule has 0 amide bonds. The second-order valence-electron chi connectivity index (χ2n) is 3.85. The number of benzene rings is 1. The van der Waals surface area contributed by atoms with Crippen LogP contribution in [0.1, 0.15) is 16.8 Å². The Morgan fingerprint density at radius 1 is 1.53 bits per heavy atom. The molecule has 0 fully saturated rings. The maximum Gasteiger partial charge on any atom is 0.304 e. The van der Waals surface area contributed by atoms with Gasteiger partial charge in [0.05, 0.1) is 16.5 Å². The highest BCUT2D eigenvalue weighted by Crippen LogP contribution is 2.22. The highest BCUT2D eigenvalue weighted by Gasteiger charge is 2.13. The van der Waals surface area contributed by atoms with Gasteiger partial charge in [-0.3, -0.25) is 10.1 Å². The fourth-order valence-electron chi connectivity index (χ4n) is 1.55. The Bertz CT molecular complexity index is 600. The summed E-state index contributed by atoms with van der Waals surface area (Å²) in [6.45, 7) is 2.55. The fraction of sp³-hybridized carbons (Fsp3) is 0.250. The number of halogens is 1. The zero-order valence-electron chi connectivity index (χ0n) is 10.2. The summed E-state index contributed by atoms with van der Waals surface area (Å²) in [4.78, 5) is 15.0. The molecule has 1 heterocycles. The van der Waals surface area contributed by atoms with Crippen molar-refractivity contribution in [1.82, 2.24) is 4.98 Å². The van der Waals surface area contributed by atoms with E-state index >= 15 is 0 Å². The summed E-state index contributed by atoms with van der Waals surface area (Å²) >= 11 is 1.59. The first-order valence-corrected chi connectivity index (χ1v) is 6.53. The number of nitro groups is 1. The predicted molar refractivity (Wildman–Crippen MR) is 71.9 cm³/mol. The minimum absolute atomic E-state index is 0.509. The molecule has 0 unspecified atom stereocenters. The van der Waals surface area contributed by atoms with Gasteiger partial charge >= 0.3 is 5.69 Å². The summed E-state index contributed by atoms with van der Waals surface area (Å²) in [5.41, 5.74) is -0.00819. The Morgan fingerprint density at radius 3 is 2.89 bits per heavy atom. The van der Waals surface area contributed by atoms with Crippen molar-refractivity contribution in [2.45, 2.75) is 19.9 Å². The van der Waals surface area contributed by atoms with Crippen LogP contribution in [0.5, 0.6) is 0 Å². The zero-order chi connectivity index (χ0) is 13.8. The Hall–Kier alpha value is -2.02. The predicted octanol–water partition coefficient (Wildman–Crippen LogP) is 3.36. The molecule has 1 aromatic carbocycles. The summed E-state index contributed by atoms with van der Waals surface area (Å²) < 4.78 is 13.4. The monoisotopic (exact) mass is 281 g/mol. The summed E-state index contributed by atoms with van der Waals surface area (Å²) in [5.74, 6) is -0.839. The van der Waals surface area contributed by atoms with E-state index in [-0.39, 0.29) is 0 Å². The van der Waals surface area contributed by atoms with Crippen molar-refractivity contribution in [3.8, 4) is 0 Å². The molecule has 7 heteroatoms. The van der Waals surface area contributed by atoms with Gasteiger partial charge in [-0.2, -0.15) is 4.39 Å². The second-order valence-corrected chi connectivity index (χ2v) is 5.05. The van der Waals surface area contributed by atoms with Gasteiger partial charge in [0, 0.05) is 28.9 Å². The van der Waals surface area contributed by atoms with E-state index in [2.05, 4.69) is 10.3 Å². The Morgan fingerprint density at radius 2 is 2.32 bits per heavy atom. The molecule has 0 bridgehead atoms. The van der Waals surface area contributed by atoms with Crippen LogP contribution in [0.2, 0.25) is 0 Å². The van der Waals surface area contributed by atoms with Crippen LogP contribution in [0, 0.1) is 15.9 Å². The molecule has 0 aliphatic rings. The van der Waals surface area contributed by atoms with E-state index in [1.807, 2.05) is 6.92 Å². The average Bonchev–Trinajstić information content (AvgIpc) is 2.84. The molecule has 19 heavy (non-hydrogen) atoms. The van der Waals surface area contributed by atoms with Gasteiger partial charge in [0.15, 0.2) is 0 Å². The Labute approximate surface area is 113 Å². The topological polar surface area (TPSA) is 68.1 Å². The van der Waals surface area contributed by atoms with Crippen molar-refractivity contribution in [2.75, 3.05) is 5.32 Å². The molecule has 2 rings (SSSR count). The van der Waals surface area contributed by atoms with Crippen molar-refractivity contribution < 1.29 is 9.31 Å². The van der Waals surface area contributed by atoms with Crippen molar-refractivity contribution in [1.29, 1.82) is 0 Å². The van der Waals surface area contributed by atoms with Gasteiger partial charge in [0.25, 0.3) is 0 Å². The maximum absolute atomic E-state index is 13.4. The number of rotatable bonds is 5. The van der Waals surface area contributed by atoms with E-state index in [0.29, 0.717) is 12.2 Å². The van der Waals surface area contributed by atoms with Crippen LogP contribution in [0.15, 0.2) is 24.4 Å². The lowest BCUT2D eigenvalue weighted by Gasteiger charge is -2.04. The van der Waals surface area contributed by atoms with Crippen LogP contribution in [-0.2, 0) is 13.0 Å². The van der Waals surface area contributed by atoms with Gasteiger partial charge in [-0.1, -0.05) is 6.92 Å². The number of aryl methyl sites for hydroxylation is 1. The van der Waals surface area contributed by atoms with E-state index in [9.17, 15) is 14.5 Å². The van der Waals surface area contributed by atoms with Crippen LogP contribution in [0.4, 0.5) is 15.8 Å². The smallest absolute Gasteiger partial charge is 0.304 e. The number of hydrogen-bond acceptors (Lipinski definition) is 5. The molecule has 0 aliphatic carbocycles. The average molecular weight is 281 g/mol. The molecule has 0 saturated carbocycles. The molecule has 0 radical (unpaired) electrons. The van der Waals surface area contributed by atoms with Gasteiger partial charge < -0.3 is 5.32 Å². The first-order valence-electron chi connectivity index (χ1n) is 5.71. The number of nitrogens with zero attached hydrogens (tertiary/aromatic N) is 2. The normalized spacial score (nSPS) is 10.4. The van der Waals surface area contributed by atoms with Crippen molar-refractivity contribution in [3.05, 3.63) is 50.2 Å². The molecule has 1 N–H and O–H groups in total. The third kappa shape index (κ3) is 3.25. The van der Waals surface area contributed by atoms with Crippen LogP contribution in [0.3, 0.4) is 0 Å². The quantitative estimate of drug-likeness (QED) is 0.674. The maximum atomic E-state index is 13.4. The molecule has 1 aromatic heterocycles. The van der Waals surface area contributed by atoms with Gasteiger partial charge in [-0.15, -0.1) is 11.3 Å². The molecule has 0 spiro atoms. The molecule has 100 valence electrons. The second kappa shape index (κ2) is 5.75. The van der Waals surface area contributed by atoms with Crippen LogP contribution in [-0.4, -0.2) is 9.91 Å². The van der Waals surface area contributed by atoms with Crippen LogP contribution >= 0.6 is 11.3 Å². The first-order chi connectivity index (χ1) is 9.10. The van der Waals surface area contributed by atoms with E-state index in [1.165, 1.54) is 6.07 Å². The van der Waals surface area contributed by atoms with E-state index in [0.717, 1.165) is 28.4 Å². The minimum atomic E-state index is -0.839. The van der Waals surface area contributed by atoms with Gasteiger partial charge in [0.1, 0.15) is 0 Å². The number of hydrogen-bond donors (Lipinski definition) is 1. The molecule has 0 aliphatic heterocycles. The van der Waals surface area contributed by atoms with Crippen LogP contribution < -0.4 is 5.32 Å². The number of aromatic nitrogens is 1. The summed E-state index contributed by atoms with van der Waals surface area (Å²) in [6.07, 6.45) is 2.66. The lowest BCUT2D eigenvalue weighted by atomic mass is 10.2. The Kier molecular flexibility index (Phi) is 4.06. The first kappa shape index (κ1) is 13.4. The molecule has 5 nitrogen and oxygen atoms in total. The SMILES string of the molecule is CCc1ncc(CNc2ccc([N+](=O)[O-])c(F)c2)s1. The minimum Gasteiger partial charge on any atom is -0.380 e. The van der Waals surface area contributed by atoms with Crippen molar-refractivity contribution in [3.63, 3.8) is 0 Å². The highest BCUT2D eigenvalue weighted by molar-refractivity contribution is 7.11. The van der Waals surface area contributed by atoms with Gasteiger partial charge in [-0.05, 0) is 12.5 Å². The lowest BCUT2D eigenvalue weighted by molar-refractivity contribution is -0.387. The van der Waals surface area contributed by atoms with Crippen molar-refractivity contribution in [2.24, 2.45) is 0 Å². The largest absolute Gasteiger partial charge is 0.380 e. The number of anilines is 1.